The molecule has 40 heavy (non-hydrogen) atoms. The van der Waals surface area contributed by atoms with E-state index in [4.69, 9.17) is 4.52 Å². The third-order valence-corrected chi connectivity index (χ3v) is 7.92. The summed E-state index contributed by atoms with van der Waals surface area (Å²) in [7, 11) is 0. The summed E-state index contributed by atoms with van der Waals surface area (Å²) in [6.45, 7) is -1.14. The van der Waals surface area contributed by atoms with Crippen molar-refractivity contribution in [3.05, 3.63) is 66.1 Å². The second-order valence-electron chi connectivity index (χ2n) is 11.0. The largest absolute Gasteiger partial charge is 0.406 e. The first-order chi connectivity index (χ1) is 19.3. The van der Waals surface area contributed by atoms with Gasteiger partial charge >= 0.3 is 6.18 Å². The Hall–Kier alpha value is -3.82. The molecule has 0 saturated heterocycles. The predicted octanol–water partition coefficient (Wildman–Crippen LogP) is 6.49. The van der Waals surface area contributed by atoms with Crippen LogP contribution in [0.5, 0.6) is 0 Å². The molecule has 0 radical (unpaired) electrons. The average molecular weight is 552 g/mol. The molecule has 1 amide bonds. The normalized spacial score (nSPS) is 19.6. The maximum absolute atomic E-state index is 13.7. The van der Waals surface area contributed by atoms with E-state index in [9.17, 15) is 18.0 Å². The molecule has 7 nitrogen and oxygen atoms in total. The molecule has 0 spiro atoms. The Kier molecular flexibility index (Phi) is 7.25. The number of carbonyl (C=O) groups is 1. The van der Waals surface area contributed by atoms with Crippen molar-refractivity contribution in [2.75, 3.05) is 5.32 Å². The van der Waals surface area contributed by atoms with Gasteiger partial charge in [0.2, 0.25) is 17.6 Å². The van der Waals surface area contributed by atoms with E-state index < -0.39 is 12.7 Å². The van der Waals surface area contributed by atoms with Crippen LogP contribution in [0.25, 0.3) is 22.4 Å². The molecule has 2 aromatic heterocycles. The van der Waals surface area contributed by atoms with Gasteiger partial charge in [-0.1, -0.05) is 41.6 Å². The maximum Gasteiger partial charge on any atom is 0.406 e. The summed E-state index contributed by atoms with van der Waals surface area (Å²) in [6.07, 6.45) is 2.58. The molecule has 0 atom stereocenters. The molecule has 0 aliphatic heterocycles. The molecular weight excluding hydrogens is 519 g/mol. The molecule has 0 bridgehead atoms. The van der Waals surface area contributed by atoms with Crippen LogP contribution in [0.1, 0.15) is 50.0 Å². The molecule has 2 saturated carbocycles. The topological polar surface area (TPSA) is 85.0 Å². The van der Waals surface area contributed by atoms with Crippen LogP contribution < -0.4 is 10.6 Å². The Labute approximate surface area is 230 Å². The number of alkyl halides is 3. The van der Waals surface area contributed by atoms with Gasteiger partial charge in [-0.05, 0) is 74.6 Å². The number of amides is 1. The van der Waals surface area contributed by atoms with Crippen LogP contribution in [0, 0.1) is 11.8 Å². The van der Waals surface area contributed by atoms with E-state index in [2.05, 4.69) is 45.0 Å². The molecule has 6 rings (SSSR count). The zero-order valence-corrected chi connectivity index (χ0v) is 22.1. The van der Waals surface area contributed by atoms with E-state index in [1.54, 1.807) is 18.2 Å². The molecule has 4 aromatic rings. The van der Waals surface area contributed by atoms with Crippen molar-refractivity contribution >= 4 is 22.5 Å². The van der Waals surface area contributed by atoms with Gasteiger partial charge in [0.25, 0.3) is 0 Å². The third-order valence-electron chi connectivity index (χ3n) is 7.92. The number of aromatic nitrogens is 3. The molecule has 2 N–H and O–H groups in total. The standard InChI is InChI=1S/C30H32F3N5O2/c31-30(32,33)18-38-25-8-4-7-24(35-22-13-9-20(10-14-22)15-19-5-2-1-3-6-19)23(25)16-26(38)28-36-27(40-37-28)17-34-29(39)21-11-12-21/h1-8,16,20-22,35H,9-15,17-18H2,(H,34,39). The number of hydrogen-bond acceptors (Lipinski definition) is 5. The number of fused-ring (bicyclic) bond motifs is 1. The Morgan fingerprint density at radius 2 is 1.77 bits per heavy atom. The number of nitrogens with zero attached hydrogens (tertiary/aromatic N) is 3. The fourth-order valence-corrected chi connectivity index (χ4v) is 5.71. The first-order valence-electron chi connectivity index (χ1n) is 13.9. The molecule has 2 heterocycles. The van der Waals surface area contributed by atoms with E-state index in [0.717, 1.165) is 50.6 Å². The van der Waals surface area contributed by atoms with Crippen molar-refractivity contribution in [2.45, 2.75) is 70.3 Å². The highest BCUT2D eigenvalue weighted by Crippen LogP contribution is 2.36. The molecular formula is C30H32F3N5O2. The fraction of sp³-hybridized carbons (Fsp3) is 0.433. The summed E-state index contributed by atoms with van der Waals surface area (Å²) in [5.41, 5.74) is 2.82. The van der Waals surface area contributed by atoms with Crippen molar-refractivity contribution in [3.8, 4) is 11.5 Å². The maximum atomic E-state index is 13.7. The molecule has 10 heteroatoms. The number of halogens is 3. The Morgan fingerprint density at radius 3 is 2.50 bits per heavy atom. The highest BCUT2D eigenvalue weighted by molar-refractivity contribution is 5.96. The minimum absolute atomic E-state index is 0.0292. The van der Waals surface area contributed by atoms with Crippen molar-refractivity contribution in [1.29, 1.82) is 0 Å². The van der Waals surface area contributed by atoms with Crippen LogP contribution in [0.2, 0.25) is 0 Å². The predicted molar refractivity (Wildman–Crippen MR) is 145 cm³/mol. The number of nitrogens with one attached hydrogen (secondary N) is 2. The first-order valence-corrected chi connectivity index (χ1v) is 13.9. The molecule has 0 unspecified atom stereocenters. The lowest BCUT2D eigenvalue weighted by Crippen LogP contribution is -2.27. The average Bonchev–Trinajstić information content (AvgIpc) is 3.59. The highest BCUT2D eigenvalue weighted by atomic mass is 19.4. The molecule has 2 aromatic carbocycles. The van der Waals surface area contributed by atoms with Gasteiger partial charge in [-0.15, -0.1) is 0 Å². The zero-order valence-electron chi connectivity index (χ0n) is 22.1. The molecule has 210 valence electrons. The number of carbonyl (C=O) groups excluding carboxylic acids is 1. The third kappa shape index (κ3) is 6.16. The first kappa shape index (κ1) is 26.4. The van der Waals surface area contributed by atoms with E-state index in [1.165, 1.54) is 10.1 Å². The van der Waals surface area contributed by atoms with Crippen molar-refractivity contribution in [2.24, 2.45) is 11.8 Å². The van der Waals surface area contributed by atoms with Gasteiger partial charge in [-0.3, -0.25) is 4.79 Å². The van der Waals surface area contributed by atoms with Gasteiger partial charge in [0.05, 0.1) is 17.8 Å². The van der Waals surface area contributed by atoms with Gasteiger partial charge in [-0.25, -0.2) is 0 Å². The van der Waals surface area contributed by atoms with Gasteiger partial charge in [0.15, 0.2) is 0 Å². The molecule has 2 aliphatic carbocycles. The zero-order chi connectivity index (χ0) is 27.7. The van der Waals surface area contributed by atoms with Gasteiger partial charge in [0, 0.05) is 23.0 Å². The van der Waals surface area contributed by atoms with E-state index in [0.29, 0.717) is 16.8 Å². The van der Waals surface area contributed by atoms with Crippen LogP contribution in [-0.2, 0) is 24.3 Å². The summed E-state index contributed by atoms with van der Waals surface area (Å²) < 4.78 is 47.4. The quantitative estimate of drug-likeness (QED) is 0.248. The van der Waals surface area contributed by atoms with E-state index in [-0.39, 0.29) is 41.8 Å². The van der Waals surface area contributed by atoms with Gasteiger partial charge in [0.1, 0.15) is 6.54 Å². The summed E-state index contributed by atoms with van der Waals surface area (Å²) in [4.78, 5) is 16.3. The minimum atomic E-state index is -4.44. The Balaban J connectivity index is 1.20. The monoisotopic (exact) mass is 551 g/mol. The number of anilines is 1. The number of rotatable bonds is 9. The summed E-state index contributed by atoms with van der Waals surface area (Å²) >= 11 is 0. The van der Waals surface area contributed by atoms with Crippen LogP contribution in [0.15, 0.2) is 59.1 Å². The van der Waals surface area contributed by atoms with Crippen molar-refractivity contribution in [1.82, 2.24) is 20.0 Å². The van der Waals surface area contributed by atoms with Crippen molar-refractivity contribution < 1.29 is 22.5 Å². The molecule has 2 fully saturated rings. The van der Waals surface area contributed by atoms with Crippen LogP contribution in [0.3, 0.4) is 0 Å². The SMILES string of the molecule is O=C(NCc1nc(-c2cc3c(NC4CCC(Cc5ccccc5)CC4)cccc3n2CC(F)(F)F)no1)C1CC1. The summed E-state index contributed by atoms with van der Waals surface area (Å²) in [5, 5.41) is 11.0. The van der Waals surface area contributed by atoms with Crippen molar-refractivity contribution in [3.63, 3.8) is 0 Å². The lowest BCUT2D eigenvalue weighted by atomic mass is 9.82. The second-order valence-corrected chi connectivity index (χ2v) is 11.0. The molecule has 2 aliphatic rings. The second kappa shape index (κ2) is 11.0. The lowest BCUT2D eigenvalue weighted by molar-refractivity contribution is -0.139. The number of benzene rings is 2. The van der Waals surface area contributed by atoms with E-state index >= 15 is 0 Å². The van der Waals surface area contributed by atoms with Crippen LogP contribution in [0.4, 0.5) is 18.9 Å². The summed E-state index contributed by atoms with van der Waals surface area (Å²) in [5.74, 6) is 0.802. The minimum Gasteiger partial charge on any atom is -0.382 e. The van der Waals surface area contributed by atoms with Gasteiger partial charge in [-0.2, -0.15) is 18.2 Å². The van der Waals surface area contributed by atoms with Crippen LogP contribution >= 0.6 is 0 Å². The number of hydrogen-bond donors (Lipinski definition) is 2. The fourth-order valence-electron chi connectivity index (χ4n) is 5.71. The van der Waals surface area contributed by atoms with E-state index in [1.807, 2.05) is 12.1 Å². The van der Waals surface area contributed by atoms with Gasteiger partial charge < -0.3 is 19.7 Å². The Bertz CT molecular complexity index is 1470. The summed E-state index contributed by atoms with van der Waals surface area (Å²) in [6, 6.07) is 17.8. The smallest absolute Gasteiger partial charge is 0.382 e. The Morgan fingerprint density at radius 1 is 1.00 bits per heavy atom. The lowest BCUT2D eigenvalue weighted by Gasteiger charge is -2.30. The highest BCUT2D eigenvalue weighted by Gasteiger charge is 2.32. The van der Waals surface area contributed by atoms with Crippen LogP contribution in [-0.4, -0.2) is 32.8 Å².